The molecule has 0 radical (unpaired) electrons. The van der Waals surface area contributed by atoms with E-state index in [1.165, 1.54) is 51.4 Å². The van der Waals surface area contributed by atoms with Gasteiger partial charge in [-0.05, 0) is 0 Å². The SMILES string of the molecule is CCCCCC[N-]CCCCCC.[Br-].[Mg+2]. The Kier molecular flexibility index (Phi) is 29.5. The molecule has 0 amide bonds. The van der Waals surface area contributed by atoms with Crippen molar-refractivity contribution < 1.29 is 17.0 Å². The second-order valence-electron chi connectivity index (χ2n) is 3.79. The van der Waals surface area contributed by atoms with E-state index in [1.807, 2.05) is 0 Å². The van der Waals surface area contributed by atoms with Gasteiger partial charge >= 0.3 is 23.1 Å². The second-order valence-corrected chi connectivity index (χ2v) is 3.79. The summed E-state index contributed by atoms with van der Waals surface area (Å²) in [5, 5.41) is 4.51. The molecule has 0 heterocycles. The number of rotatable bonds is 10. The quantitative estimate of drug-likeness (QED) is 0.423. The fourth-order valence-corrected chi connectivity index (χ4v) is 1.41. The zero-order valence-corrected chi connectivity index (χ0v) is 13.6. The first kappa shape index (κ1) is 21.5. The third-order valence-electron chi connectivity index (χ3n) is 2.34. The maximum absolute atomic E-state index is 4.51. The maximum atomic E-state index is 4.51. The summed E-state index contributed by atoms with van der Waals surface area (Å²) >= 11 is 0. The first-order valence-electron chi connectivity index (χ1n) is 6.05. The van der Waals surface area contributed by atoms with Gasteiger partial charge in [0.25, 0.3) is 0 Å². The molecule has 0 atom stereocenters. The van der Waals surface area contributed by atoms with Crippen LogP contribution < -0.4 is 17.0 Å². The Hall–Kier alpha value is 1.21. The van der Waals surface area contributed by atoms with Gasteiger partial charge in [0.05, 0.1) is 0 Å². The molecule has 0 aromatic rings. The van der Waals surface area contributed by atoms with E-state index < -0.39 is 0 Å². The van der Waals surface area contributed by atoms with Gasteiger partial charge in [-0.15, -0.1) is 13.1 Å². The topological polar surface area (TPSA) is 14.1 Å². The van der Waals surface area contributed by atoms with E-state index in [0.717, 1.165) is 13.1 Å². The molecular formula is C12H26BrMgN. The third kappa shape index (κ3) is 21.1. The van der Waals surface area contributed by atoms with Crippen molar-refractivity contribution in [2.45, 2.75) is 65.2 Å². The predicted molar refractivity (Wildman–Crippen MR) is 67.1 cm³/mol. The minimum atomic E-state index is 0. The van der Waals surface area contributed by atoms with E-state index in [-0.39, 0.29) is 40.0 Å². The smallest absolute Gasteiger partial charge is 1.00 e. The van der Waals surface area contributed by atoms with E-state index >= 15 is 0 Å². The van der Waals surface area contributed by atoms with Gasteiger partial charge < -0.3 is 22.3 Å². The molecule has 0 rings (SSSR count). The van der Waals surface area contributed by atoms with E-state index in [9.17, 15) is 0 Å². The second kappa shape index (κ2) is 20.6. The minimum absolute atomic E-state index is 0. The van der Waals surface area contributed by atoms with Crippen molar-refractivity contribution in [3.05, 3.63) is 5.32 Å². The van der Waals surface area contributed by atoms with Gasteiger partial charge in [0.2, 0.25) is 0 Å². The molecule has 0 aromatic heterocycles. The van der Waals surface area contributed by atoms with Crippen LogP contribution in [0.15, 0.2) is 0 Å². The Bertz CT molecular complexity index is 81.7. The summed E-state index contributed by atoms with van der Waals surface area (Å²) in [6, 6.07) is 0. The normalized spacial score (nSPS) is 9.20. The van der Waals surface area contributed by atoms with Crippen LogP contribution in [0.5, 0.6) is 0 Å². The van der Waals surface area contributed by atoms with Crippen molar-refractivity contribution in [2.75, 3.05) is 13.1 Å². The van der Waals surface area contributed by atoms with E-state index in [0.29, 0.717) is 0 Å². The summed E-state index contributed by atoms with van der Waals surface area (Å²) in [4.78, 5) is 0. The monoisotopic (exact) mass is 287 g/mol. The molecule has 0 N–H and O–H groups in total. The molecule has 0 bridgehead atoms. The van der Waals surface area contributed by atoms with Gasteiger partial charge in [-0.3, -0.25) is 0 Å². The number of halogens is 1. The zero-order valence-electron chi connectivity index (χ0n) is 10.6. The van der Waals surface area contributed by atoms with Crippen LogP contribution in [-0.2, 0) is 0 Å². The molecule has 0 saturated heterocycles. The van der Waals surface area contributed by atoms with Crippen molar-refractivity contribution in [2.24, 2.45) is 0 Å². The molecule has 0 spiro atoms. The fraction of sp³-hybridized carbons (Fsp3) is 1.00. The number of unbranched alkanes of at least 4 members (excludes halogenated alkanes) is 6. The fourth-order valence-electron chi connectivity index (χ4n) is 1.41. The van der Waals surface area contributed by atoms with Gasteiger partial charge in [-0.2, -0.15) is 0 Å². The van der Waals surface area contributed by atoms with Crippen molar-refractivity contribution in [3.8, 4) is 0 Å². The summed E-state index contributed by atoms with van der Waals surface area (Å²) in [5.41, 5.74) is 0. The molecule has 0 fully saturated rings. The van der Waals surface area contributed by atoms with Crippen LogP contribution in [0.1, 0.15) is 65.2 Å². The first-order valence-corrected chi connectivity index (χ1v) is 6.05. The van der Waals surface area contributed by atoms with E-state index in [2.05, 4.69) is 19.2 Å². The van der Waals surface area contributed by atoms with Crippen LogP contribution in [0, 0.1) is 0 Å². The average Bonchev–Trinajstić information content (AvgIpc) is 2.16. The van der Waals surface area contributed by atoms with Crippen molar-refractivity contribution >= 4 is 23.1 Å². The molecule has 15 heavy (non-hydrogen) atoms. The van der Waals surface area contributed by atoms with Gasteiger partial charge in [0.15, 0.2) is 0 Å². The number of hydrogen-bond donors (Lipinski definition) is 0. The Labute approximate surface area is 123 Å². The van der Waals surface area contributed by atoms with Crippen molar-refractivity contribution in [1.82, 2.24) is 0 Å². The molecule has 88 valence electrons. The maximum Gasteiger partial charge on any atom is 2.00 e. The Morgan fingerprint density at radius 2 is 1.07 bits per heavy atom. The van der Waals surface area contributed by atoms with Crippen LogP contribution in [-0.4, -0.2) is 36.1 Å². The van der Waals surface area contributed by atoms with E-state index in [4.69, 9.17) is 0 Å². The predicted octanol–water partition coefficient (Wildman–Crippen LogP) is 1.14. The Balaban J connectivity index is -0.000000720. The number of nitrogens with zero attached hydrogens (tertiary/aromatic N) is 1. The van der Waals surface area contributed by atoms with Crippen molar-refractivity contribution in [3.63, 3.8) is 0 Å². The largest absolute Gasteiger partial charge is 2.00 e. The Morgan fingerprint density at radius 1 is 0.667 bits per heavy atom. The Morgan fingerprint density at radius 3 is 1.40 bits per heavy atom. The molecule has 0 aliphatic carbocycles. The van der Waals surface area contributed by atoms with Crippen LogP contribution in [0.25, 0.3) is 5.32 Å². The van der Waals surface area contributed by atoms with Crippen LogP contribution >= 0.6 is 0 Å². The number of hydrogen-bond acceptors (Lipinski definition) is 0. The van der Waals surface area contributed by atoms with Crippen LogP contribution in [0.3, 0.4) is 0 Å². The standard InChI is InChI=1S/C12H26N.BrH.Mg/c1-3-5-7-9-11-13-12-10-8-6-4-2;;/h3-12H2,1-2H3;1H;/q-1;;+2/p-1. The summed E-state index contributed by atoms with van der Waals surface area (Å²) in [6.45, 7) is 6.71. The van der Waals surface area contributed by atoms with Crippen molar-refractivity contribution in [1.29, 1.82) is 0 Å². The van der Waals surface area contributed by atoms with Gasteiger partial charge in [0, 0.05) is 0 Å². The van der Waals surface area contributed by atoms with Crippen LogP contribution in [0.4, 0.5) is 0 Å². The average molecular weight is 289 g/mol. The summed E-state index contributed by atoms with van der Waals surface area (Å²) < 4.78 is 0. The molecule has 0 aliphatic heterocycles. The molecule has 0 unspecified atom stereocenters. The van der Waals surface area contributed by atoms with Gasteiger partial charge in [-0.1, -0.05) is 65.2 Å². The molecule has 0 aliphatic rings. The van der Waals surface area contributed by atoms with Gasteiger partial charge in [0.1, 0.15) is 0 Å². The molecule has 3 heteroatoms. The first-order chi connectivity index (χ1) is 6.41. The molecule has 0 aromatic carbocycles. The summed E-state index contributed by atoms with van der Waals surface area (Å²) in [7, 11) is 0. The summed E-state index contributed by atoms with van der Waals surface area (Å²) in [5.74, 6) is 0. The van der Waals surface area contributed by atoms with E-state index in [1.54, 1.807) is 0 Å². The molecular weight excluding hydrogens is 262 g/mol. The zero-order chi connectivity index (χ0) is 9.78. The molecule has 1 nitrogen and oxygen atoms in total. The van der Waals surface area contributed by atoms with Crippen LogP contribution in [0.2, 0.25) is 0 Å². The minimum Gasteiger partial charge on any atom is -1.00 e. The molecule has 0 saturated carbocycles. The summed E-state index contributed by atoms with van der Waals surface area (Å²) in [6.07, 6.45) is 10.8. The van der Waals surface area contributed by atoms with Gasteiger partial charge in [-0.25, -0.2) is 0 Å². The third-order valence-corrected chi connectivity index (χ3v) is 2.34.